The lowest BCUT2D eigenvalue weighted by Gasteiger charge is -2.43. The number of carboxylic acid groups (broad SMARTS) is 2. The van der Waals surface area contributed by atoms with Crippen molar-refractivity contribution < 1.29 is 48.0 Å². The average Bonchev–Trinajstić information content (AvgIpc) is 4.16. The number of β-lactam (4-membered cyclic amide) rings is 2. The van der Waals surface area contributed by atoms with Crippen LogP contribution in [0.3, 0.4) is 0 Å². The highest BCUT2D eigenvalue weighted by Gasteiger charge is 2.65. The van der Waals surface area contributed by atoms with Gasteiger partial charge in [0, 0.05) is 46.8 Å². The van der Waals surface area contributed by atoms with E-state index in [4.69, 9.17) is 32.2 Å². The maximum Gasteiger partial charge on any atom is 0.327 e. The number of thioether (sulfide) groups is 2. The Morgan fingerprint density at radius 3 is 1.26 bits per heavy atom. The zero-order valence-corrected chi connectivity index (χ0v) is 45.4. The minimum absolute atomic E-state index is 0.196. The summed E-state index contributed by atoms with van der Waals surface area (Å²) < 4.78 is 9.08. The molecule has 10 rings (SSSR count). The van der Waals surface area contributed by atoms with Crippen LogP contribution in [-0.4, -0.2) is 123 Å². The van der Waals surface area contributed by atoms with Gasteiger partial charge in [-0.1, -0.05) is 131 Å². The van der Waals surface area contributed by atoms with Gasteiger partial charge < -0.3 is 50.3 Å². The Kier molecular flexibility index (Phi) is 17.0. The number of aryl methyl sites for hydroxylation is 2. The average molecular weight is 1110 g/mol. The van der Waals surface area contributed by atoms with Crippen LogP contribution in [0.15, 0.2) is 118 Å². The lowest BCUT2D eigenvalue weighted by Crippen LogP contribution is -2.70. The zero-order chi connectivity index (χ0) is 54.6. The van der Waals surface area contributed by atoms with Crippen LogP contribution in [-0.2, 0) is 32.3 Å². The second kappa shape index (κ2) is 23.3. The largest absolute Gasteiger partial charge is 0.480 e. The molecule has 0 unspecified atom stereocenters. The first-order chi connectivity index (χ1) is 36.2. The highest BCUT2D eigenvalue weighted by atomic mass is 35.5. The van der Waals surface area contributed by atoms with Crippen molar-refractivity contribution in [3.63, 3.8) is 0 Å². The summed E-state index contributed by atoms with van der Waals surface area (Å²) in [5.41, 5.74) is 4.72. The van der Waals surface area contributed by atoms with E-state index in [1.165, 1.54) is 44.5 Å². The number of hydrogen-bond donors (Lipinski definition) is 6. The van der Waals surface area contributed by atoms with E-state index in [9.17, 15) is 39.0 Å². The lowest BCUT2D eigenvalue weighted by molar-refractivity contribution is -0.159. The van der Waals surface area contributed by atoms with Crippen LogP contribution in [0.4, 0.5) is 0 Å². The predicted octanol–water partition coefficient (Wildman–Crippen LogP) is 7.66. The Hall–Kier alpha value is -6.68. The number of aliphatic carboxylic acids is 2. The Morgan fingerprint density at radius 2 is 0.921 bits per heavy atom. The Balaban J connectivity index is 0.000000156. The molecule has 4 saturated heterocycles. The standard InChI is InChI=1S/2C19H18ClN3O5S.C16H20N2/c2*1-8-11(12(22-28-8)9-6-4-5-7-10(9)20)15(24)21-13-16(25)23-14(18(26)27)19(2,3)29-17(13)23;1-3-7-15(8-4-1)13-17-11-12-18-14-16-9-5-2-6-10-16/h2*4-7,13-14,17H,1-3H3,(H,21,24)(H,26,27);1-10,17-18H,11-14H2/t2*13-,14+,17-;/m11./s1. The molecule has 0 saturated carbocycles. The lowest BCUT2D eigenvalue weighted by atomic mass is 9.95. The summed E-state index contributed by atoms with van der Waals surface area (Å²) >= 11 is 15.2. The van der Waals surface area contributed by atoms with E-state index in [2.05, 4.69) is 80.1 Å². The fourth-order valence-corrected chi connectivity index (χ4v) is 13.2. The third-order valence-electron chi connectivity index (χ3n) is 13.2. The zero-order valence-electron chi connectivity index (χ0n) is 42.2. The minimum Gasteiger partial charge on any atom is -0.480 e. The van der Waals surface area contributed by atoms with Gasteiger partial charge in [0.2, 0.25) is 11.8 Å². The van der Waals surface area contributed by atoms with Crippen molar-refractivity contribution >= 4 is 82.3 Å². The number of carbonyl (C=O) groups excluding carboxylic acids is 4. The number of nitrogens with one attached hydrogen (secondary N) is 4. The Bertz CT molecular complexity index is 2930. The number of amides is 4. The maximum absolute atomic E-state index is 13.0. The first-order valence-electron chi connectivity index (χ1n) is 24.2. The van der Waals surface area contributed by atoms with Crippen LogP contribution in [0, 0.1) is 13.8 Å². The molecule has 4 aromatic carbocycles. The number of nitrogens with zero attached hydrogens (tertiary/aromatic N) is 4. The minimum atomic E-state index is -1.06. The monoisotopic (exact) mass is 1110 g/mol. The van der Waals surface area contributed by atoms with Crippen molar-refractivity contribution in [3.8, 4) is 22.5 Å². The van der Waals surface area contributed by atoms with Crippen LogP contribution < -0.4 is 21.3 Å². The van der Waals surface area contributed by atoms with Gasteiger partial charge in [-0.3, -0.25) is 19.2 Å². The molecule has 0 bridgehead atoms. The third-order valence-corrected chi connectivity index (χ3v) is 17.0. The molecular weight excluding hydrogens is 1060 g/mol. The smallest absolute Gasteiger partial charge is 0.327 e. The van der Waals surface area contributed by atoms with Gasteiger partial charge in [0.05, 0.1) is 10.0 Å². The van der Waals surface area contributed by atoms with E-state index >= 15 is 0 Å². The molecule has 6 aromatic rings. The van der Waals surface area contributed by atoms with Crippen molar-refractivity contribution in [2.75, 3.05) is 13.1 Å². The first-order valence-corrected chi connectivity index (χ1v) is 26.7. The number of hydrogen-bond acceptors (Lipinski definition) is 14. The number of carbonyl (C=O) groups is 6. The van der Waals surface area contributed by atoms with Crippen molar-refractivity contribution in [1.29, 1.82) is 0 Å². The Labute approximate surface area is 457 Å². The number of benzene rings is 4. The van der Waals surface area contributed by atoms with Gasteiger partial charge in [-0.2, -0.15) is 0 Å². The van der Waals surface area contributed by atoms with Gasteiger partial charge in [-0.05, 0) is 64.8 Å². The highest BCUT2D eigenvalue weighted by molar-refractivity contribution is 8.02. The summed E-state index contributed by atoms with van der Waals surface area (Å²) in [6.45, 7) is 14.2. The summed E-state index contributed by atoms with van der Waals surface area (Å²) in [7, 11) is 0. The highest BCUT2D eigenvalue weighted by Crippen LogP contribution is 2.52. The predicted molar refractivity (Wildman–Crippen MR) is 290 cm³/mol. The number of fused-ring (bicyclic) bond motifs is 2. The molecule has 4 aliphatic rings. The molecule has 4 aliphatic heterocycles. The molecule has 0 aliphatic carbocycles. The van der Waals surface area contributed by atoms with Crippen LogP contribution in [0.1, 0.15) is 71.1 Å². The van der Waals surface area contributed by atoms with Crippen LogP contribution >= 0.6 is 46.7 Å². The van der Waals surface area contributed by atoms with Gasteiger partial charge in [-0.25, -0.2) is 9.59 Å². The quantitative estimate of drug-likeness (QED) is 0.0427. The van der Waals surface area contributed by atoms with E-state index in [0.717, 1.165) is 26.2 Å². The summed E-state index contributed by atoms with van der Waals surface area (Å²) in [5.74, 6) is -3.39. The Morgan fingerprint density at radius 1 is 0.579 bits per heavy atom. The molecule has 22 heteroatoms. The molecule has 4 amide bonds. The van der Waals surface area contributed by atoms with E-state index in [-0.39, 0.29) is 22.5 Å². The fourth-order valence-electron chi connectivity index (χ4n) is 9.50. The summed E-state index contributed by atoms with van der Waals surface area (Å²) in [5, 5.41) is 39.2. The number of aromatic nitrogens is 2. The SMILES string of the molecule is Cc1onc(-c2ccccc2Cl)c1C(=O)N[C@@H]1C(=O)N2[C@@H]1SC(C)(C)[C@@H]2C(=O)O.Cc1onc(-c2ccccc2Cl)c1C(=O)N[C@@H]1C(=O)N2[C@@H]1SC(C)(C)[C@@H]2C(=O)O.c1ccc(CNCCNCc2ccccc2)cc1. The first kappa shape index (κ1) is 55.5. The van der Waals surface area contributed by atoms with Gasteiger partial charge in [0.15, 0.2) is 0 Å². The number of rotatable bonds is 15. The van der Waals surface area contributed by atoms with Crippen LogP contribution in [0.2, 0.25) is 10.0 Å². The van der Waals surface area contributed by atoms with E-state index in [1.807, 2.05) is 12.1 Å². The molecule has 76 heavy (non-hydrogen) atoms. The second-order valence-corrected chi connectivity index (χ2v) is 23.7. The summed E-state index contributed by atoms with van der Waals surface area (Å²) in [6, 6.07) is 31.3. The van der Waals surface area contributed by atoms with E-state index in [0.29, 0.717) is 32.7 Å². The van der Waals surface area contributed by atoms with Gasteiger partial charge in [0.25, 0.3) is 11.8 Å². The van der Waals surface area contributed by atoms with E-state index in [1.54, 1.807) is 90.1 Å². The van der Waals surface area contributed by atoms with Gasteiger partial charge in [0.1, 0.15) is 69.0 Å². The molecular formula is C54H56Cl2N8O10S2. The summed E-state index contributed by atoms with van der Waals surface area (Å²) in [6.07, 6.45) is 0. The van der Waals surface area contributed by atoms with Crippen molar-refractivity contribution in [2.24, 2.45) is 0 Å². The molecule has 6 atom stereocenters. The van der Waals surface area contributed by atoms with Crippen LogP contribution in [0.5, 0.6) is 0 Å². The molecule has 6 N–H and O–H groups in total. The van der Waals surface area contributed by atoms with Crippen molar-refractivity contribution in [1.82, 2.24) is 41.4 Å². The van der Waals surface area contributed by atoms with Crippen molar-refractivity contribution in [3.05, 3.63) is 153 Å². The molecule has 4 fully saturated rings. The topological polar surface area (TPSA) is 250 Å². The number of halogens is 2. The normalized spacial score (nSPS) is 21.4. The van der Waals surface area contributed by atoms with Crippen LogP contribution in [0.25, 0.3) is 22.5 Å². The molecule has 0 radical (unpaired) electrons. The third kappa shape index (κ3) is 11.5. The fraction of sp³-hybridized carbons (Fsp3) is 0.333. The molecule has 6 heterocycles. The maximum atomic E-state index is 13.0. The molecule has 18 nitrogen and oxygen atoms in total. The van der Waals surface area contributed by atoms with Crippen molar-refractivity contribution in [2.45, 2.75) is 99.0 Å². The van der Waals surface area contributed by atoms with Gasteiger partial charge >= 0.3 is 11.9 Å². The molecule has 2 aromatic heterocycles. The molecule has 398 valence electrons. The van der Waals surface area contributed by atoms with E-state index < -0.39 is 80.0 Å². The van der Waals surface area contributed by atoms with Gasteiger partial charge in [-0.15, -0.1) is 23.5 Å². The molecule has 0 spiro atoms. The summed E-state index contributed by atoms with van der Waals surface area (Å²) in [4.78, 5) is 77.1. The number of carboxylic acids is 2. The second-order valence-electron chi connectivity index (χ2n) is 19.3.